The van der Waals surface area contributed by atoms with Crippen LogP contribution < -0.4 is 0 Å². The smallest absolute Gasteiger partial charge is 0.400 e. The summed E-state index contributed by atoms with van der Waals surface area (Å²) in [7, 11) is 0. The molecular formula is C18H11NO3. The van der Waals surface area contributed by atoms with Crippen molar-refractivity contribution in [1.82, 2.24) is 0 Å². The van der Waals surface area contributed by atoms with Crippen LogP contribution in [0.3, 0.4) is 0 Å². The van der Waals surface area contributed by atoms with E-state index >= 15 is 0 Å². The molecule has 0 N–H and O–H groups in total. The first-order valence-corrected chi connectivity index (χ1v) is 6.90. The number of rotatable bonds is 2. The van der Waals surface area contributed by atoms with Gasteiger partial charge in [0.25, 0.3) is 0 Å². The number of furan rings is 1. The van der Waals surface area contributed by atoms with Crippen molar-refractivity contribution in [2.75, 3.05) is 0 Å². The van der Waals surface area contributed by atoms with E-state index in [1.807, 2.05) is 66.7 Å². The first kappa shape index (κ1) is 12.6. The third-order valence-corrected chi connectivity index (χ3v) is 3.79. The molecule has 4 heteroatoms. The van der Waals surface area contributed by atoms with Gasteiger partial charge in [0, 0.05) is 10.8 Å². The van der Waals surface area contributed by atoms with E-state index < -0.39 is 4.92 Å². The molecule has 0 atom stereocenters. The third kappa shape index (κ3) is 1.78. The van der Waals surface area contributed by atoms with E-state index in [4.69, 9.17) is 4.42 Å². The van der Waals surface area contributed by atoms with E-state index in [0.29, 0.717) is 11.1 Å². The molecule has 0 saturated carbocycles. The van der Waals surface area contributed by atoms with E-state index in [1.165, 1.54) is 0 Å². The van der Waals surface area contributed by atoms with Gasteiger partial charge in [-0.15, -0.1) is 0 Å². The van der Waals surface area contributed by atoms with E-state index in [2.05, 4.69) is 0 Å². The molecule has 0 bridgehead atoms. The lowest BCUT2D eigenvalue weighted by Gasteiger charge is -1.99. The summed E-state index contributed by atoms with van der Waals surface area (Å²) in [6.45, 7) is 0. The monoisotopic (exact) mass is 289 g/mol. The Labute approximate surface area is 125 Å². The van der Waals surface area contributed by atoms with Gasteiger partial charge in [0.1, 0.15) is 16.1 Å². The van der Waals surface area contributed by atoms with Crippen molar-refractivity contribution in [3.63, 3.8) is 0 Å². The van der Waals surface area contributed by atoms with Gasteiger partial charge in [-0.2, -0.15) is 0 Å². The van der Waals surface area contributed by atoms with Crippen LogP contribution in [0.15, 0.2) is 71.1 Å². The minimum absolute atomic E-state index is 0.211. The highest BCUT2D eigenvalue weighted by Crippen LogP contribution is 2.42. The topological polar surface area (TPSA) is 56.3 Å². The van der Waals surface area contributed by atoms with Crippen LogP contribution in [-0.4, -0.2) is 4.92 Å². The largest absolute Gasteiger partial charge is 0.442 e. The number of benzene rings is 3. The highest BCUT2D eigenvalue weighted by atomic mass is 16.6. The molecule has 4 aromatic rings. The average molecular weight is 289 g/mol. The van der Waals surface area contributed by atoms with Crippen molar-refractivity contribution in [2.24, 2.45) is 0 Å². The summed E-state index contributed by atoms with van der Waals surface area (Å²) in [4.78, 5) is 11.0. The van der Waals surface area contributed by atoms with E-state index in [0.717, 1.165) is 21.7 Å². The van der Waals surface area contributed by atoms with Crippen LogP contribution in [0.4, 0.5) is 5.88 Å². The van der Waals surface area contributed by atoms with E-state index in [-0.39, 0.29) is 5.88 Å². The van der Waals surface area contributed by atoms with E-state index in [1.54, 1.807) is 0 Å². The average Bonchev–Trinajstić information content (AvgIpc) is 2.96. The maximum absolute atomic E-state index is 11.4. The summed E-state index contributed by atoms with van der Waals surface area (Å²) >= 11 is 0. The zero-order valence-electron chi connectivity index (χ0n) is 11.5. The SMILES string of the molecule is O=[N+]([O-])c1oc2c(ccc3ccccc32)c1-c1ccccc1. The first-order chi connectivity index (χ1) is 10.8. The minimum Gasteiger partial charge on any atom is -0.400 e. The fourth-order valence-corrected chi connectivity index (χ4v) is 2.83. The van der Waals surface area contributed by atoms with Crippen molar-refractivity contribution < 1.29 is 9.34 Å². The number of hydrogen-bond donors (Lipinski definition) is 0. The first-order valence-electron chi connectivity index (χ1n) is 6.90. The fourth-order valence-electron chi connectivity index (χ4n) is 2.83. The second-order valence-electron chi connectivity index (χ2n) is 5.07. The van der Waals surface area contributed by atoms with Gasteiger partial charge in [-0.3, -0.25) is 10.1 Å². The second kappa shape index (κ2) is 4.70. The lowest BCUT2D eigenvalue weighted by atomic mass is 10.0. The van der Waals surface area contributed by atoms with Gasteiger partial charge in [0.2, 0.25) is 0 Å². The van der Waals surface area contributed by atoms with Gasteiger partial charge in [-0.1, -0.05) is 60.7 Å². The Morgan fingerprint density at radius 2 is 1.55 bits per heavy atom. The zero-order chi connectivity index (χ0) is 15.1. The predicted octanol–water partition coefficient (Wildman–Crippen LogP) is 5.16. The molecule has 3 aromatic carbocycles. The molecule has 0 spiro atoms. The number of nitrogens with zero attached hydrogens (tertiary/aromatic N) is 1. The number of hydrogen-bond acceptors (Lipinski definition) is 3. The summed E-state index contributed by atoms with van der Waals surface area (Å²) in [6.07, 6.45) is 0. The third-order valence-electron chi connectivity index (χ3n) is 3.79. The Kier molecular flexibility index (Phi) is 2.69. The molecule has 1 heterocycles. The molecule has 1 aromatic heterocycles. The molecule has 0 aliphatic rings. The van der Waals surface area contributed by atoms with E-state index in [9.17, 15) is 10.1 Å². The minimum atomic E-state index is -0.461. The van der Waals surface area contributed by atoms with Gasteiger partial charge in [-0.25, -0.2) is 0 Å². The van der Waals surface area contributed by atoms with Crippen LogP contribution in [0, 0.1) is 10.1 Å². The number of fused-ring (bicyclic) bond motifs is 3. The van der Waals surface area contributed by atoms with Crippen LogP contribution in [0.25, 0.3) is 32.9 Å². The molecule has 0 fully saturated rings. The molecule has 0 saturated heterocycles. The normalized spacial score (nSPS) is 11.1. The molecular weight excluding hydrogens is 278 g/mol. The molecule has 4 nitrogen and oxygen atoms in total. The maximum atomic E-state index is 11.4. The molecule has 0 radical (unpaired) electrons. The summed E-state index contributed by atoms with van der Waals surface area (Å²) in [6, 6.07) is 20.9. The van der Waals surface area contributed by atoms with Crippen molar-refractivity contribution >= 4 is 27.6 Å². The molecule has 106 valence electrons. The van der Waals surface area contributed by atoms with Crippen LogP contribution in [-0.2, 0) is 0 Å². The highest BCUT2D eigenvalue weighted by Gasteiger charge is 2.26. The van der Waals surface area contributed by atoms with Gasteiger partial charge < -0.3 is 4.42 Å². The van der Waals surface area contributed by atoms with Gasteiger partial charge in [-0.05, 0) is 17.0 Å². The van der Waals surface area contributed by atoms with Crippen LogP contribution in [0.2, 0.25) is 0 Å². The van der Waals surface area contributed by atoms with Crippen LogP contribution >= 0.6 is 0 Å². The Morgan fingerprint density at radius 3 is 2.32 bits per heavy atom. The Bertz CT molecular complexity index is 1000. The summed E-state index contributed by atoms with van der Waals surface area (Å²) in [5.41, 5.74) is 1.87. The van der Waals surface area contributed by atoms with Gasteiger partial charge in [0.15, 0.2) is 0 Å². The van der Waals surface area contributed by atoms with Crippen molar-refractivity contribution in [1.29, 1.82) is 0 Å². The molecule has 0 amide bonds. The molecule has 0 aliphatic carbocycles. The molecule has 0 unspecified atom stereocenters. The summed E-state index contributed by atoms with van der Waals surface area (Å²) in [5, 5.41) is 14.1. The van der Waals surface area contributed by atoms with Crippen molar-refractivity contribution in [2.45, 2.75) is 0 Å². The molecule has 4 rings (SSSR count). The fraction of sp³-hybridized carbons (Fsp3) is 0. The standard InChI is InChI=1S/C18H11NO3/c20-19(21)18-16(13-7-2-1-3-8-13)15-11-10-12-6-4-5-9-14(12)17(15)22-18/h1-11H. The lowest BCUT2D eigenvalue weighted by Crippen LogP contribution is -1.87. The Hall–Kier alpha value is -3.14. The summed E-state index contributed by atoms with van der Waals surface area (Å²) in [5.74, 6) is -0.211. The lowest BCUT2D eigenvalue weighted by molar-refractivity contribution is -0.400. The number of nitro groups is 1. The second-order valence-corrected chi connectivity index (χ2v) is 5.07. The Morgan fingerprint density at radius 1 is 0.818 bits per heavy atom. The van der Waals surface area contributed by atoms with Gasteiger partial charge >= 0.3 is 5.88 Å². The quantitative estimate of drug-likeness (QED) is 0.378. The maximum Gasteiger partial charge on any atom is 0.442 e. The van der Waals surface area contributed by atoms with Crippen LogP contribution in [0.1, 0.15) is 0 Å². The van der Waals surface area contributed by atoms with Gasteiger partial charge in [0.05, 0.1) is 0 Å². The van der Waals surface area contributed by atoms with Crippen molar-refractivity contribution in [3.8, 4) is 11.1 Å². The molecule has 22 heavy (non-hydrogen) atoms. The molecule has 0 aliphatic heterocycles. The summed E-state index contributed by atoms with van der Waals surface area (Å²) < 4.78 is 5.63. The Balaban J connectivity index is 2.17. The predicted molar refractivity (Wildman–Crippen MR) is 85.8 cm³/mol. The van der Waals surface area contributed by atoms with Crippen molar-refractivity contribution in [3.05, 3.63) is 76.8 Å². The highest BCUT2D eigenvalue weighted by molar-refractivity contribution is 6.11. The zero-order valence-corrected chi connectivity index (χ0v) is 11.5. The van der Waals surface area contributed by atoms with Crippen LogP contribution in [0.5, 0.6) is 0 Å².